The van der Waals surface area contributed by atoms with Crippen LogP contribution < -0.4 is 10.6 Å². The zero-order valence-electron chi connectivity index (χ0n) is 17.7. The topological polar surface area (TPSA) is 76.0 Å². The number of carbonyl (C=O) groups is 2. The number of nitrogens with one attached hydrogen (secondary N) is 2. The fourth-order valence-corrected chi connectivity index (χ4v) is 3.66. The van der Waals surface area contributed by atoms with Gasteiger partial charge in [-0.3, -0.25) is 9.59 Å². The molecule has 7 heteroatoms. The Labute approximate surface area is 196 Å². The Morgan fingerprint density at radius 2 is 1.58 bits per heavy atom. The largest absolute Gasteiger partial charge is 0.326 e. The monoisotopic (exact) mass is 456 g/mol. The SMILES string of the molecule is O=C(Nc1cccc(NC(=O)C2CC2)c1)c1cn(-c2ccccc2)nc1-c1ccc(Cl)cc1. The minimum atomic E-state index is -0.298. The van der Waals surface area contributed by atoms with Crippen molar-refractivity contribution in [2.24, 2.45) is 5.92 Å². The second kappa shape index (κ2) is 8.92. The molecule has 1 aliphatic rings. The van der Waals surface area contributed by atoms with Gasteiger partial charge in [0.05, 0.1) is 11.3 Å². The third kappa shape index (κ3) is 4.81. The summed E-state index contributed by atoms with van der Waals surface area (Å²) in [6, 6.07) is 24.0. The Hall–Kier alpha value is -3.90. The molecule has 0 spiro atoms. The van der Waals surface area contributed by atoms with E-state index < -0.39 is 0 Å². The van der Waals surface area contributed by atoms with Crippen LogP contribution in [0.25, 0.3) is 16.9 Å². The average molecular weight is 457 g/mol. The number of nitrogens with zero attached hydrogens (tertiary/aromatic N) is 2. The maximum Gasteiger partial charge on any atom is 0.259 e. The standard InChI is InChI=1S/C26H21ClN4O2/c27-19-13-11-17(12-14-19)24-23(16-31(30-24)22-7-2-1-3-8-22)26(33)29-21-6-4-5-20(15-21)28-25(32)18-9-10-18/h1-8,11-16,18H,9-10H2,(H,28,32)(H,29,33). The Kier molecular flexibility index (Phi) is 5.67. The maximum atomic E-state index is 13.3. The summed E-state index contributed by atoms with van der Waals surface area (Å²) in [5.74, 6) is -0.172. The van der Waals surface area contributed by atoms with Crippen molar-refractivity contribution in [2.45, 2.75) is 12.8 Å². The van der Waals surface area contributed by atoms with Crippen LogP contribution in [0, 0.1) is 5.92 Å². The van der Waals surface area contributed by atoms with Crippen LogP contribution >= 0.6 is 11.6 Å². The molecule has 1 saturated carbocycles. The van der Waals surface area contributed by atoms with Gasteiger partial charge in [-0.15, -0.1) is 0 Å². The van der Waals surface area contributed by atoms with E-state index in [-0.39, 0.29) is 17.7 Å². The fraction of sp³-hybridized carbons (Fsp3) is 0.115. The molecule has 0 atom stereocenters. The fourth-order valence-electron chi connectivity index (χ4n) is 3.54. The molecule has 0 radical (unpaired) electrons. The van der Waals surface area contributed by atoms with Crippen molar-refractivity contribution in [3.05, 3.63) is 95.6 Å². The van der Waals surface area contributed by atoms with Crippen molar-refractivity contribution in [3.8, 4) is 16.9 Å². The molecule has 6 nitrogen and oxygen atoms in total. The van der Waals surface area contributed by atoms with E-state index in [0.717, 1.165) is 24.1 Å². The number of rotatable bonds is 6. The number of anilines is 2. The van der Waals surface area contributed by atoms with Gasteiger partial charge in [0.25, 0.3) is 5.91 Å². The molecular weight excluding hydrogens is 436 g/mol. The Morgan fingerprint density at radius 3 is 2.27 bits per heavy atom. The van der Waals surface area contributed by atoms with Crippen LogP contribution in [-0.2, 0) is 4.79 Å². The number of carbonyl (C=O) groups excluding carboxylic acids is 2. The van der Waals surface area contributed by atoms with Crippen LogP contribution in [0.2, 0.25) is 5.02 Å². The minimum Gasteiger partial charge on any atom is -0.326 e. The van der Waals surface area contributed by atoms with E-state index in [1.54, 1.807) is 41.2 Å². The zero-order chi connectivity index (χ0) is 22.8. The van der Waals surface area contributed by atoms with Crippen LogP contribution in [0.4, 0.5) is 11.4 Å². The molecule has 33 heavy (non-hydrogen) atoms. The van der Waals surface area contributed by atoms with Crippen molar-refractivity contribution < 1.29 is 9.59 Å². The lowest BCUT2D eigenvalue weighted by Crippen LogP contribution is -2.15. The van der Waals surface area contributed by atoms with Gasteiger partial charge >= 0.3 is 0 Å². The molecular formula is C26H21ClN4O2. The van der Waals surface area contributed by atoms with Crippen molar-refractivity contribution in [1.82, 2.24) is 9.78 Å². The number of amides is 2. The van der Waals surface area contributed by atoms with Gasteiger partial charge in [-0.2, -0.15) is 5.10 Å². The number of hydrogen-bond donors (Lipinski definition) is 2. The average Bonchev–Trinajstić information content (AvgIpc) is 3.59. The first-order chi connectivity index (χ1) is 16.1. The van der Waals surface area contributed by atoms with Gasteiger partial charge in [-0.25, -0.2) is 4.68 Å². The highest BCUT2D eigenvalue weighted by atomic mass is 35.5. The number of benzene rings is 3. The van der Waals surface area contributed by atoms with Gasteiger partial charge in [0.15, 0.2) is 0 Å². The van der Waals surface area contributed by atoms with Crippen LogP contribution in [0.5, 0.6) is 0 Å². The molecule has 0 bridgehead atoms. The van der Waals surface area contributed by atoms with Gasteiger partial charge in [0.2, 0.25) is 5.91 Å². The van der Waals surface area contributed by atoms with Gasteiger partial charge in [0.1, 0.15) is 5.69 Å². The summed E-state index contributed by atoms with van der Waals surface area (Å²) in [4.78, 5) is 25.4. The second-order valence-electron chi connectivity index (χ2n) is 7.98. The maximum absolute atomic E-state index is 13.3. The number of hydrogen-bond acceptors (Lipinski definition) is 3. The van der Waals surface area contributed by atoms with Crippen molar-refractivity contribution in [3.63, 3.8) is 0 Å². The number of halogens is 1. The zero-order valence-corrected chi connectivity index (χ0v) is 18.4. The Morgan fingerprint density at radius 1 is 0.879 bits per heavy atom. The van der Waals surface area contributed by atoms with E-state index in [1.807, 2.05) is 48.5 Å². The normalized spacial score (nSPS) is 12.9. The molecule has 164 valence electrons. The molecule has 1 fully saturated rings. The summed E-state index contributed by atoms with van der Waals surface area (Å²) in [5.41, 5.74) is 3.84. The van der Waals surface area contributed by atoms with Gasteiger partial charge < -0.3 is 10.6 Å². The van der Waals surface area contributed by atoms with Gasteiger partial charge in [-0.05, 0) is 55.3 Å². The highest BCUT2D eigenvalue weighted by Gasteiger charge is 2.29. The molecule has 0 aliphatic heterocycles. The summed E-state index contributed by atoms with van der Waals surface area (Å²) in [5, 5.41) is 11.1. The molecule has 0 saturated heterocycles. The molecule has 1 aromatic heterocycles. The summed E-state index contributed by atoms with van der Waals surface area (Å²) in [6.45, 7) is 0. The molecule has 3 aromatic carbocycles. The predicted molar refractivity (Wildman–Crippen MR) is 130 cm³/mol. The summed E-state index contributed by atoms with van der Waals surface area (Å²) in [7, 11) is 0. The molecule has 2 N–H and O–H groups in total. The third-order valence-corrected chi connectivity index (χ3v) is 5.69. The van der Waals surface area contributed by atoms with Gasteiger partial charge in [-0.1, -0.05) is 48.0 Å². The number of para-hydroxylation sites is 1. The second-order valence-corrected chi connectivity index (χ2v) is 8.41. The first-order valence-electron chi connectivity index (χ1n) is 10.7. The molecule has 5 rings (SSSR count). The lowest BCUT2D eigenvalue weighted by Gasteiger charge is -2.09. The lowest BCUT2D eigenvalue weighted by molar-refractivity contribution is -0.117. The van der Waals surface area contributed by atoms with Crippen molar-refractivity contribution >= 4 is 34.8 Å². The molecule has 0 unspecified atom stereocenters. The summed E-state index contributed by atoms with van der Waals surface area (Å²) >= 11 is 6.05. The van der Waals surface area contributed by atoms with Crippen LogP contribution in [0.3, 0.4) is 0 Å². The van der Waals surface area contributed by atoms with E-state index in [4.69, 9.17) is 11.6 Å². The summed E-state index contributed by atoms with van der Waals surface area (Å²) in [6.07, 6.45) is 3.58. The van der Waals surface area contributed by atoms with Crippen molar-refractivity contribution in [2.75, 3.05) is 10.6 Å². The van der Waals surface area contributed by atoms with Crippen LogP contribution in [0.15, 0.2) is 85.1 Å². The van der Waals surface area contributed by atoms with Crippen LogP contribution in [-0.4, -0.2) is 21.6 Å². The molecule has 1 heterocycles. The molecule has 4 aromatic rings. The number of aromatic nitrogens is 2. The lowest BCUT2D eigenvalue weighted by atomic mass is 10.1. The highest BCUT2D eigenvalue weighted by Crippen LogP contribution is 2.31. The van der Waals surface area contributed by atoms with Crippen LogP contribution in [0.1, 0.15) is 23.2 Å². The smallest absolute Gasteiger partial charge is 0.259 e. The van der Waals surface area contributed by atoms with E-state index in [9.17, 15) is 9.59 Å². The first kappa shape index (κ1) is 21.0. The quantitative estimate of drug-likeness (QED) is 0.385. The Bertz CT molecular complexity index is 1310. The highest BCUT2D eigenvalue weighted by molar-refractivity contribution is 6.30. The van der Waals surface area contributed by atoms with E-state index in [2.05, 4.69) is 15.7 Å². The molecule has 1 aliphatic carbocycles. The van der Waals surface area contributed by atoms with E-state index in [1.165, 1.54) is 0 Å². The minimum absolute atomic E-state index is 0.0210. The van der Waals surface area contributed by atoms with E-state index in [0.29, 0.717) is 27.7 Å². The van der Waals surface area contributed by atoms with Crippen molar-refractivity contribution in [1.29, 1.82) is 0 Å². The predicted octanol–water partition coefficient (Wildman–Crippen LogP) is 5.79. The third-order valence-electron chi connectivity index (χ3n) is 5.43. The molecule has 2 amide bonds. The Balaban J connectivity index is 1.45. The van der Waals surface area contributed by atoms with E-state index >= 15 is 0 Å². The van der Waals surface area contributed by atoms with Gasteiger partial charge in [0, 0.05) is 34.1 Å². The first-order valence-corrected chi connectivity index (χ1v) is 11.1. The summed E-state index contributed by atoms with van der Waals surface area (Å²) < 4.78 is 1.69.